The SMILES string of the molecule is COc1ccc(C(C)(C)[C@@H]2CC[C@@H](C)C[C@H]2OC(=O)C2=CC(=O)CCC2)cc1OC. The Hall–Kier alpha value is -2.30. The first kappa shape index (κ1) is 22.4. The standard InChI is InChI=1S/C25H34O5/c1-16-9-11-20(22(13-16)30-24(27)17-7-6-8-19(26)14-17)25(2,3)18-10-12-21(28-4)23(15-18)29-5/h10,12,14-16,20,22H,6-9,11,13H2,1-5H3/t16-,20-,22-/m1/s1. The van der Waals surface area contributed by atoms with Crippen LogP contribution in [0.5, 0.6) is 11.5 Å². The first-order valence-corrected chi connectivity index (χ1v) is 10.9. The zero-order valence-electron chi connectivity index (χ0n) is 18.8. The van der Waals surface area contributed by atoms with Crippen LogP contribution in [0.25, 0.3) is 0 Å². The van der Waals surface area contributed by atoms with Gasteiger partial charge in [-0.05, 0) is 60.8 Å². The molecule has 0 bridgehead atoms. The summed E-state index contributed by atoms with van der Waals surface area (Å²) in [6.45, 7) is 6.63. The fourth-order valence-corrected chi connectivity index (χ4v) is 4.90. The van der Waals surface area contributed by atoms with Crippen molar-refractivity contribution in [1.29, 1.82) is 0 Å². The summed E-state index contributed by atoms with van der Waals surface area (Å²) in [5.41, 5.74) is 1.43. The van der Waals surface area contributed by atoms with Crippen LogP contribution in [0.15, 0.2) is 29.8 Å². The molecule has 0 aliphatic heterocycles. The van der Waals surface area contributed by atoms with Crippen molar-refractivity contribution in [2.75, 3.05) is 14.2 Å². The summed E-state index contributed by atoms with van der Waals surface area (Å²) in [7, 11) is 3.27. The molecule has 5 nitrogen and oxygen atoms in total. The van der Waals surface area contributed by atoms with Crippen LogP contribution in [-0.2, 0) is 19.7 Å². The molecule has 0 radical (unpaired) electrons. The van der Waals surface area contributed by atoms with E-state index in [0.717, 1.165) is 31.2 Å². The highest BCUT2D eigenvalue weighted by Crippen LogP contribution is 2.45. The van der Waals surface area contributed by atoms with Gasteiger partial charge in [0.2, 0.25) is 0 Å². The average Bonchev–Trinajstić information content (AvgIpc) is 2.73. The predicted octanol–water partition coefficient (Wildman–Crippen LogP) is 5.01. The van der Waals surface area contributed by atoms with Crippen molar-refractivity contribution in [2.24, 2.45) is 11.8 Å². The third kappa shape index (κ3) is 4.71. The zero-order valence-corrected chi connectivity index (χ0v) is 18.8. The molecule has 0 saturated heterocycles. The van der Waals surface area contributed by atoms with Gasteiger partial charge in [0.1, 0.15) is 6.10 Å². The molecule has 0 N–H and O–H groups in total. The lowest BCUT2D eigenvalue weighted by Crippen LogP contribution is -2.43. The van der Waals surface area contributed by atoms with Crippen LogP contribution in [0, 0.1) is 11.8 Å². The highest BCUT2D eigenvalue weighted by Gasteiger charge is 2.42. The maximum Gasteiger partial charge on any atom is 0.334 e. The van der Waals surface area contributed by atoms with E-state index in [1.807, 2.05) is 12.1 Å². The van der Waals surface area contributed by atoms with E-state index in [9.17, 15) is 9.59 Å². The fraction of sp³-hybridized carbons (Fsp3) is 0.600. The van der Waals surface area contributed by atoms with Crippen LogP contribution in [0.1, 0.15) is 64.9 Å². The van der Waals surface area contributed by atoms with Crippen molar-refractivity contribution in [3.8, 4) is 11.5 Å². The Balaban J connectivity index is 1.85. The van der Waals surface area contributed by atoms with Gasteiger partial charge in [0.15, 0.2) is 17.3 Å². The molecule has 0 amide bonds. The summed E-state index contributed by atoms with van der Waals surface area (Å²) in [6, 6.07) is 6.03. The molecule has 164 valence electrons. The molecule has 3 atom stereocenters. The van der Waals surface area contributed by atoms with Crippen molar-refractivity contribution in [3.05, 3.63) is 35.4 Å². The maximum atomic E-state index is 12.8. The summed E-state index contributed by atoms with van der Waals surface area (Å²) < 4.78 is 16.9. The number of ketones is 1. The van der Waals surface area contributed by atoms with Crippen LogP contribution in [0.4, 0.5) is 0 Å². The second kappa shape index (κ2) is 9.23. The number of carbonyl (C=O) groups is 2. The van der Waals surface area contributed by atoms with Crippen molar-refractivity contribution >= 4 is 11.8 Å². The molecule has 30 heavy (non-hydrogen) atoms. The zero-order chi connectivity index (χ0) is 21.9. The summed E-state index contributed by atoms with van der Waals surface area (Å²) in [5.74, 6) is 1.78. The Morgan fingerprint density at radius 1 is 1.07 bits per heavy atom. The van der Waals surface area contributed by atoms with E-state index in [1.54, 1.807) is 14.2 Å². The monoisotopic (exact) mass is 414 g/mol. The van der Waals surface area contributed by atoms with Crippen LogP contribution in [-0.4, -0.2) is 32.1 Å². The first-order valence-electron chi connectivity index (χ1n) is 10.9. The highest BCUT2D eigenvalue weighted by atomic mass is 16.5. The largest absolute Gasteiger partial charge is 0.493 e. The molecular weight excluding hydrogens is 380 g/mol. The molecule has 1 saturated carbocycles. The van der Waals surface area contributed by atoms with Crippen LogP contribution >= 0.6 is 0 Å². The molecule has 1 aromatic carbocycles. The number of hydrogen-bond donors (Lipinski definition) is 0. The van der Waals surface area contributed by atoms with Gasteiger partial charge in [-0.15, -0.1) is 0 Å². The topological polar surface area (TPSA) is 61.8 Å². The predicted molar refractivity (Wildman–Crippen MR) is 116 cm³/mol. The third-order valence-electron chi connectivity index (χ3n) is 6.83. The summed E-state index contributed by atoms with van der Waals surface area (Å²) in [6.07, 6.45) is 6.10. The quantitative estimate of drug-likeness (QED) is 0.613. The van der Waals surface area contributed by atoms with Crippen molar-refractivity contribution in [1.82, 2.24) is 0 Å². The van der Waals surface area contributed by atoms with E-state index in [0.29, 0.717) is 35.8 Å². The lowest BCUT2D eigenvalue weighted by atomic mass is 9.64. The minimum absolute atomic E-state index is 0.0208. The summed E-state index contributed by atoms with van der Waals surface area (Å²) in [4.78, 5) is 24.6. The Morgan fingerprint density at radius 2 is 1.80 bits per heavy atom. The van der Waals surface area contributed by atoms with Crippen molar-refractivity contribution < 1.29 is 23.8 Å². The lowest BCUT2D eigenvalue weighted by molar-refractivity contribution is -0.152. The van der Waals surface area contributed by atoms with Gasteiger partial charge in [0.25, 0.3) is 0 Å². The number of esters is 1. The van der Waals surface area contributed by atoms with Crippen LogP contribution < -0.4 is 9.47 Å². The molecular formula is C25H34O5. The van der Waals surface area contributed by atoms with Gasteiger partial charge in [-0.25, -0.2) is 4.79 Å². The third-order valence-corrected chi connectivity index (χ3v) is 6.83. The Morgan fingerprint density at radius 3 is 2.47 bits per heavy atom. The molecule has 2 aliphatic carbocycles. The molecule has 5 heteroatoms. The molecule has 2 aliphatic rings. The molecule has 0 heterocycles. The van der Waals surface area contributed by atoms with Crippen LogP contribution in [0.3, 0.4) is 0 Å². The molecule has 3 rings (SSSR count). The van der Waals surface area contributed by atoms with Gasteiger partial charge in [-0.3, -0.25) is 4.79 Å². The molecule has 0 spiro atoms. The second-order valence-electron chi connectivity index (χ2n) is 9.25. The number of allylic oxidation sites excluding steroid dienone is 1. The summed E-state index contributed by atoms with van der Waals surface area (Å²) in [5, 5.41) is 0. The minimum atomic E-state index is -0.324. The van der Waals surface area contributed by atoms with Gasteiger partial charge in [0, 0.05) is 17.9 Å². The van der Waals surface area contributed by atoms with Crippen molar-refractivity contribution in [3.63, 3.8) is 0 Å². The van der Waals surface area contributed by atoms with E-state index in [-0.39, 0.29) is 29.2 Å². The van der Waals surface area contributed by atoms with E-state index < -0.39 is 0 Å². The van der Waals surface area contributed by atoms with Gasteiger partial charge in [-0.1, -0.05) is 33.3 Å². The van der Waals surface area contributed by atoms with E-state index in [2.05, 4.69) is 26.8 Å². The lowest BCUT2D eigenvalue weighted by Gasteiger charge is -2.44. The van der Waals surface area contributed by atoms with E-state index in [1.165, 1.54) is 6.08 Å². The number of hydrogen-bond acceptors (Lipinski definition) is 5. The van der Waals surface area contributed by atoms with E-state index >= 15 is 0 Å². The number of rotatable bonds is 6. The molecule has 0 unspecified atom stereocenters. The number of methoxy groups -OCH3 is 2. The number of ether oxygens (including phenoxy) is 3. The van der Waals surface area contributed by atoms with Crippen molar-refractivity contribution in [2.45, 2.75) is 70.8 Å². The minimum Gasteiger partial charge on any atom is -0.493 e. The highest BCUT2D eigenvalue weighted by molar-refractivity contribution is 6.00. The maximum absolute atomic E-state index is 12.8. The number of benzene rings is 1. The van der Waals surface area contributed by atoms with E-state index in [4.69, 9.17) is 14.2 Å². The fourth-order valence-electron chi connectivity index (χ4n) is 4.90. The average molecular weight is 415 g/mol. The molecule has 0 aromatic heterocycles. The summed E-state index contributed by atoms with van der Waals surface area (Å²) >= 11 is 0. The Labute approximate surface area is 179 Å². The Kier molecular flexibility index (Phi) is 6.89. The van der Waals surface area contributed by atoms with Gasteiger partial charge >= 0.3 is 5.97 Å². The molecule has 1 aromatic rings. The van der Waals surface area contributed by atoms with Gasteiger partial charge in [0.05, 0.1) is 14.2 Å². The Bertz CT molecular complexity index is 823. The van der Waals surface area contributed by atoms with Gasteiger partial charge in [-0.2, -0.15) is 0 Å². The first-order chi connectivity index (χ1) is 14.3. The van der Waals surface area contributed by atoms with Gasteiger partial charge < -0.3 is 14.2 Å². The van der Waals surface area contributed by atoms with Crippen LogP contribution in [0.2, 0.25) is 0 Å². The molecule has 1 fully saturated rings. The normalized spacial score (nSPS) is 24.8. The smallest absolute Gasteiger partial charge is 0.334 e. The second-order valence-corrected chi connectivity index (χ2v) is 9.25. The number of carbonyl (C=O) groups excluding carboxylic acids is 2.